The largest absolute Gasteiger partial charge is 0.434 e. The quantitative estimate of drug-likeness (QED) is 0.761. The van der Waals surface area contributed by atoms with E-state index in [4.69, 9.17) is 16.7 Å². The van der Waals surface area contributed by atoms with Gasteiger partial charge in [0.1, 0.15) is 5.82 Å². The fourth-order valence-electron chi connectivity index (χ4n) is 2.50. The van der Waals surface area contributed by atoms with E-state index < -0.39 is 32.0 Å². The molecule has 0 radical (unpaired) electrons. The fourth-order valence-corrected chi connectivity index (χ4v) is 4.56. The maximum atomic E-state index is 13.2. The highest BCUT2D eigenvalue weighted by Gasteiger charge is 2.41. The summed E-state index contributed by atoms with van der Waals surface area (Å²) in [7, 11) is -3.90. The number of nitrogens with zero attached hydrogens (tertiary/aromatic N) is 2. The van der Waals surface area contributed by atoms with Crippen molar-refractivity contribution < 1.29 is 21.6 Å². The molecule has 0 aliphatic carbocycles. The highest BCUT2D eigenvalue weighted by molar-refractivity contribution is 8.02. The van der Waals surface area contributed by atoms with Crippen molar-refractivity contribution in [1.82, 2.24) is 9.55 Å². The van der Waals surface area contributed by atoms with Crippen molar-refractivity contribution in [3.63, 3.8) is 0 Å². The second-order valence-electron chi connectivity index (χ2n) is 5.86. The Bertz CT molecular complexity index is 967. The first kappa shape index (κ1) is 19.3. The van der Waals surface area contributed by atoms with Gasteiger partial charge in [-0.15, -0.1) is 23.4 Å². The molecule has 140 valence electrons. The van der Waals surface area contributed by atoms with Crippen LogP contribution in [0.1, 0.15) is 23.7 Å². The molecule has 0 bridgehead atoms. The Morgan fingerprint density at radius 1 is 1.31 bits per heavy atom. The van der Waals surface area contributed by atoms with E-state index in [1.54, 1.807) is 18.4 Å². The molecule has 0 fully saturated rings. The van der Waals surface area contributed by atoms with Gasteiger partial charge in [-0.25, -0.2) is 18.5 Å². The first-order valence-corrected chi connectivity index (χ1v) is 10.1. The summed E-state index contributed by atoms with van der Waals surface area (Å²) in [5.41, 5.74) is -0.738. The van der Waals surface area contributed by atoms with E-state index in [-0.39, 0.29) is 10.7 Å². The number of sulfonamides is 1. The van der Waals surface area contributed by atoms with Crippen molar-refractivity contribution in [3.05, 3.63) is 53.5 Å². The van der Waals surface area contributed by atoms with E-state index >= 15 is 0 Å². The van der Waals surface area contributed by atoms with E-state index in [9.17, 15) is 21.6 Å². The zero-order chi connectivity index (χ0) is 19.3. The van der Waals surface area contributed by atoms with Crippen LogP contribution in [0.3, 0.4) is 0 Å². The molecule has 0 saturated carbocycles. The Morgan fingerprint density at radius 2 is 1.92 bits per heavy atom. The van der Waals surface area contributed by atoms with Gasteiger partial charge in [-0.3, -0.25) is 0 Å². The molecular formula is C15H13ClF3N3O2S2. The summed E-state index contributed by atoms with van der Waals surface area (Å²) in [6.45, 7) is 1.69. The van der Waals surface area contributed by atoms with Crippen molar-refractivity contribution in [2.24, 2.45) is 5.14 Å². The molecule has 3 rings (SSSR count). The molecule has 0 spiro atoms. The minimum absolute atomic E-state index is 0.119. The van der Waals surface area contributed by atoms with Crippen LogP contribution in [0.4, 0.5) is 13.2 Å². The van der Waals surface area contributed by atoms with E-state index in [1.165, 1.54) is 40.6 Å². The number of benzene rings is 1. The zero-order valence-electron chi connectivity index (χ0n) is 13.2. The van der Waals surface area contributed by atoms with Crippen molar-refractivity contribution in [2.45, 2.75) is 28.1 Å². The predicted molar refractivity (Wildman–Crippen MR) is 93.7 cm³/mol. The lowest BCUT2D eigenvalue weighted by Crippen LogP contribution is -2.21. The summed E-state index contributed by atoms with van der Waals surface area (Å²) in [6, 6.07) is 5.18. The van der Waals surface area contributed by atoms with Gasteiger partial charge in [0, 0.05) is 11.9 Å². The molecule has 2 aromatic rings. The average molecular weight is 424 g/mol. The number of thioether (sulfide) groups is 1. The summed E-state index contributed by atoms with van der Waals surface area (Å²) >= 11 is 7.66. The molecule has 2 heterocycles. The normalized spacial score (nSPS) is 23.5. The third-order valence-electron chi connectivity index (χ3n) is 3.82. The minimum atomic E-state index is -4.63. The molecule has 2 atom stereocenters. The lowest BCUT2D eigenvalue weighted by atomic mass is 10.1. The topological polar surface area (TPSA) is 78.0 Å². The molecule has 0 amide bonds. The van der Waals surface area contributed by atoms with Gasteiger partial charge in [-0.2, -0.15) is 13.2 Å². The van der Waals surface area contributed by atoms with E-state index in [0.717, 1.165) is 6.20 Å². The van der Waals surface area contributed by atoms with Gasteiger partial charge in [0.2, 0.25) is 10.0 Å². The van der Waals surface area contributed by atoms with Crippen LogP contribution < -0.4 is 5.14 Å². The average Bonchev–Trinajstić information content (AvgIpc) is 3.08. The lowest BCUT2D eigenvalue weighted by molar-refractivity contribution is -0.141. The van der Waals surface area contributed by atoms with E-state index in [2.05, 4.69) is 4.98 Å². The Labute approximate surface area is 157 Å². The van der Waals surface area contributed by atoms with Crippen molar-refractivity contribution in [3.8, 4) is 5.69 Å². The van der Waals surface area contributed by atoms with E-state index in [1.807, 2.05) is 0 Å². The molecule has 11 heteroatoms. The van der Waals surface area contributed by atoms with Gasteiger partial charge in [0.05, 0.1) is 15.0 Å². The molecule has 1 aliphatic heterocycles. The summed E-state index contributed by atoms with van der Waals surface area (Å²) < 4.78 is 63.5. The number of alkyl halides is 4. The summed E-state index contributed by atoms with van der Waals surface area (Å²) in [4.78, 5) is 2.71. The first-order chi connectivity index (χ1) is 11.9. The summed E-state index contributed by atoms with van der Waals surface area (Å²) in [6.07, 6.45) is -2.06. The van der Waals surface area contributed by atoms with Gasteiger partial charge >= 0.3 is 6.18 Å². The molecule has 0 saturated heterocycles. The van der Waals surface area contributed by atoms with Crippen molar-refractivity contribution in [1.29, 1.82) is 0 Å². The van der Waals surface area contributed by atoms with Crippen molar-refractivity contribution >= 4 is 33.4 Å². The number of hydrogen-bond acceptors (Lipinski definition) is 4. The molecule has 1 aliphatic rings. The maximum absolute atomic E-state index is 13.2. The van der Waals surface area contributed by atoms with Gasteiger partial charge in [-0.05, 0) is 36.6 Å². The molecule has 1 aromatic heterocycles. The molecule has 5 nitrogen and oxygen atoms in total. The number of rotatable bonds is 3. The number of allylic oxidation sites excluding steroid dienone is 1. The second kappa shape index (κ2) is 6.29. The summed E-state index contributed by atoms with van der Waals surface area (Å²) in [5, 5.41) is 6.22. The molecular weight excluding hydrogens is 411 g/mol. The Balaban J connectivity index is 2.13. The van der Waals surface area contributed by atoms with Crippen LogP contribution in [0.5, 0.6) is 0 Å². The number of aromatic nitrogens is 2. The van der Waals surface area contributed by atoms with Gasteiger partial charge < -0.3 is 4.57 Å². The van der Waals surface area contributed by atoms with E-state index in [0.29, 0.717) is 5.69 Å². The predicted octanol–water partition coefficient (Wildman–Crippen LogP) is 3.84. The highest BCUT2D eigenvalue weighted by Crippen LogP contribution is 2.49. The van der Waals surface area contributed by atoms with Crippen molar-refractivity contribution in [2.75, 3.05) is 0 Å². The standard InChI is InChI=1S/C15H13ClF3N3O2S2/c1-14(16)6-7-25-12(14)13-21-11(15(17,18)19)8-22(13)9-2-4-10(5-3-9)26(20,23)24/h2-8,12H,1H3,(H2,20,23,24). The van der Waals surface area contributed by atoms with Crippen LogP contribution in [-0.2, 0) is 16.2 Å². The van der Waals surface area contributed by atoms with Crippen LogP contribution >= 0.6 is 23.4 Å². The van der Waals surface area contributed by atoms with Crippen LogP contribution in [0.25, 0.3) is 5.69 Å². The maximum Gasteiger partial charge on any atom is 0.434 e. The minimum Gasteiger partial charge on any atom is -0.302 e. The van der Waals surface area contributed by atoms with Gasteiger partial charge in [0.15, 0.2) is 5.69 Å². The van der Waals surface area contributed by atoms with Crippen LogP contribution in [0.2, 0.25) is 0 Å². The molecule has 2 N–H and O–H groups in total. The summed E-state index contributed by atoms with van der Waals surface area (Å²) in [5.74, 6) is 0.119. The highest BCUT2D eigenvalue weighted by atomic mass is 35.5. The monoisotopic (exact) mass is 423 g/mol. The Morgan fingerprint density at radius 3 is 2.38 bits per heavy atom. The van der Waals surface area contributed by atoms with Crippen LogP contribution in [0.15, 0.2) is 46.8 Å². The fraction of sp³-hybridized carbons (Fsp3) is 0.267. The van der Waals surface area contributed by atoms with Crippen LogP contribution in [0, 0.1) is 0 Å². The second-order valence-corrected chi connectivity index (χ2v) is 9.25. The van der Waals surface area contributed by atoms with Crippen LogP contribution in [-0.4, -0.2) is 22.8 Å². The lowest BCUT2D eigenvalue weighted by Gasteiger charge is -2.23. The first-order valence-electron chi connectivity index (χ1n) is 7.21. The number of halogens is 4. The number of nitrogens with two attached hydrogens (primary N) is 1. The SMILES string of the molecule is CC1(Cl)C=CSC1c1nc(C(F)(F)F)cn1-c1ccc(S(N)(=O)=O)cc1. The molecule has 2 unspecified atom stereocenters. The third-order valence-corrected chi connectivity index (χ3v) is 6.49. The zero-order valence-corrected chi connectivity index (χ0v) is 15.6. The number of hydrogen-bond donors (Lipinski definition) is 1. The molecule has 26 heavy (non-hydrogen) atoms. The third kappa shape index (κ3) is 3.64. The van der Waals surface area contributed by atoms with Gasteiger partial charge in [0.25, 0.3) is 0 Å². The number of primary sulfonamides is 1. The van der Waals surface area contributed by atoms with Gasteiger partial charge in [-0.1, -0.05) is 6.08 Å². The molecule has 1 aromatic carbocycles. The smallest absolute Gasteiger partial charge is 0.302 e. The number of imidazole rings is 1. The Hall–Kier alpha value is -1.49. The Kier molecular flexibility index (Phi) is 4.67.